The highest BCUT2D eigenvalue weighted by molar-refractivity contribution is 5.11. The lowest BCUT2D eigenvalue weighted by Gasteiger charge is -2.27. The molecule has 1 aromatic heterocycles. The molecule has 0 radical (unpaired) electrons. The van der Waals surface area contributed by atoms with E-state index in [4.69, 9.17) is 10.6 Å². The topological polar surface area (TPSA) is 65.1 Å². The van der Waals surface area contributed by atoms with Gasteiger partial charge in [0.25, 0.3) is 0 Å². The molecular formula is C13H22N4O. The van der Waals surface area contributed by atoms with E-state index in [2.05, 4.69) is 16.6 Å². The third kappa shape index (κ3) is 2.06. The number of hydrazine groups is 1. The minimum absolute atomic E-state index is 0.287. The van der Waals surface area contributed by atoms with Crippen molar-refractivity contribution in [2.24, 2.45) is 18.8 Å². The number of nitrogens with one attached hydrogen (secondary N) is 1. The van der Waals surface area contributed by atoms with E-state index in [1.807, 2.05) is 18.7 Å². The third-order valence-corrected chi connectivity index (χ3v) is 4.41. The summed E-state index contributed by atoms with van der Waals surface area (Å²) in [6.07, 6.45) is 5.37. The largest absolute Gasteiger partial charge is 0.375 e. The average molecular weight is 250 g/mol. The Hall–Kier alpha value is -0.910. The van der Waals surface area contributed by atoms with Crippen LogP contribution >= 0.6 is 0 Å². The summed E-state index contributed by atoms with van der Waals surface area (Å²) >= 11 is 0. The Morgan fingerprint density at radius 2 is 2.44 bits per heavy atom. The van der Waals surface area contributed by atoms with Crippen molar-refractivity contribution < 1.29 is 4.74 Å². The summed E-state index contributed by atoms with van der Waals surface area (Å²) in [6.45, 7) is 2.02. The smallest absolute Gasteiger partial charge is 0.0624 e. The van der Waals surface area contributed by atoms with Crippen LogP contribution in [-0.4, -0.2) is 28.0 Å². The van der Waals surface area contributed by atoms with Crippen LogP contribution < -0.4 is 11.3 Å². The standard InChI is InChI=1S/C13H22N4O/c1-8-5-9(17(2)16-8)6-12(15-14)11-7-10-3-4-13(11)18-10/h5,10-13,15H,3-4,6-7,14H2,1-2H3. The second-order valence-electron chi connectivity index (χ2n) is 5.65. The van der Waals surface area contributed by atoms with Crippen molar-refractivity contribution >= 4 is 0 Å². The average Bonchev–Trinajstić information content (AvgIpc) is 3.02. The van der Waals surface area contributed by atoms with Crippen LogP contribution in [0.4, 0.5) is 0 Å². The molecule has 2 saturated heterocycles. The van der Waals surface area contributed by atoms with E-state index in [0.717, 1.165) is 18.5 Å². The van der Waals surface area contributed by atoms with Gasteiger partial charge in [-0.25, -0.2) is 0 Å². The van der Waals surface area contributed by atoms with Crippen molar-refractivity contribution in [1.82, 2.24) is 15.2 Å². The first-order valence-corrected chi connectivity index (χ1v) is 6.78. The molecule has 2 aliphatic rings. The molecule has 2 bridgehead atoms. The summed E-state index contributed by atoms with van der Waals surface area (Å²) in [5.74, 6) is 6.30. The van der Waals surface area contributed by atoms with Crippen molar-refractivity contribution in [2.75, 3.05) is 0 Å². The fourth-order valence-electron chi connectivity index (χ4n) is 3.52. The van der Waals surface area contributed by atoms with Gasteiger partial charge in [0.1, 0.15) is 0 Å². The number of nitrogens with zero attached hydrogens (tertiary/aromatic N) is 2. The van der Waals surface area contributed by atoms with Crippen LogP contribution in [0.5, 0.6) is 0 Å². The van der Waals surface area contributed by atoms with Crippen molar-refractivity contribution in [2.45, 2.75) is 50.9 Å². The number of hydrogen-bond donors (Lipinski definition) is 2. The number of hydrogen-bond acceptors (Lipinski definition) is 4. The van der Waals surface area contributed by atoms with Crippen LogP contribution in [0.2, 0.25) is 0 Å². The molecule has 5 heteroatoms. The first kappa shape index (κ1) is 12.1. The summed E-state index contributed by atoms with van der Waals surface area (Å²) in [7, 11) is 1.99. The monoisotopic (exact) mass is 250 g/mol. The number of nitrogens with two attached hydrogens (primary N) is 1. The predicted octanol–water partition coefficient (Wildman–Crippen LogP) is 0.670. The molecule has 3 N–H and O–H groups in total. The van der Waals surface area contributed by atoms with Crippen LogP contribution in [0.1, 0.15) is 30.7 Å². The quantitative estimate of drug-likeness (QED) is 0.609. The SMILES string of the molecule is Cc1cc(CC(NN)C2CC3CCC2O3)n(C)n1. The molecule has 2 fully saturated rings. The first-order chi connectivity index (χ1) is 8.67. The number of aryl methyl sites for hydroxylation is 2. The molecular weight excluding hydrogens is 228 g/mol. The van der Waals surface area contributed by atoms with Crippen LogP contribution in [0.3, 0.4) is 0 Å². The van der Waals surface area contributed by atoms with Gasteiger partial charge in [-0.05, 0) is 32.3 Å². The molecule has 0 saturated carbocycles. The zero-order valence-electron chi connectivity index (χ0n) is 11.1. The Morgan fingerprint density at radius 3 is 2.94 bits per heavy atom. The van der Waals surface area contributed by atoms with Gasteiger partial charge in [-0.2, -0.15) is 5.10 Å². The third-order valence-electron chi connectivity index (χ3n) is 4.41. The lowest BCUT2D eigenvalue weighted by molar-refractivity contribution is 0.0855. The summed E-state index contributed by atoms with van der Waals surface area (Å²) < 4.78 is 7.87. The molecule has 4 atom stereocenters. The molecule has 0 spiro atoms. The Bertz CT molecular complexity index is 431. The molecule has 18 heavy (non-hydrogen) atoms. The zero-order valence-corrected chi connectivity index (χ0v) is 11.1. The normalized spacial score (nSPS) is 32.1. The van der Waals surface area contributed by atoms with Gasteiger partial charge in [0.05, 0.1) is 17.9 Å². The fourth-order valence-corrected chi connectivity index (χ4v) is 3.52. The molecule has 0 amide bonds. The van der Waals surface area contributed by atoms with E-state index >= 15 is 0 Å². The maximum absolute atomic E-state index is 5.92. The second kappa shape index (κ2) is 4.64. The van der Waals surface area contributed by atoms with Crippen molar-refractivity contribution in [3.8, 4) is 0 Å². The predicted molar refractivity (Wildman–Crippen MR) is 68.8 cm³/mol. The van der Waals surface area contributed by atoms with Gasteiger partial charge in [0.15, 0.2) is 0 Å². The van der Waals surface area contributed by atoms with E-state index in [1.165, 1.54) is 18.5 Å². The van der Waals surface area contributed by atoms with Gasteiger partial charge >= 0.3 is 0 Å². The molecule has 3 heterocycles. The first-order valence-electron chi connectivity index (χ1n) is 6.78. The minimum Gasteiger partial charge on any atom is -0.375 e. The van der Waals surface area contributed by atoms with Crippen molar-refractivity contribution in [3.63, 3.8) is 0 Å². The minimum atomic E-state index is 0.287. The van der Waals surface area contributed by atoms with Crippen LogP contribution in [0.25, 0.3) is 0 Å². The number of rotatable bonds is 4. The van der Waals surface area contributed by atoms with Gasteiger partial charge in [0, 0.05) is 31.1 Å². The summed E-state index contributed by atoms with van der Waals surface area (Å²) in [5.41, 5.74) is 5.29. The summed E-state index contributed by atoms with van der Waals surface area (Å²) in [4.78, 5) is 0. The van der Waals surface area contributed by atoms with Gasteiger partial charge in [-0.15, -0.1) is 0 Å². The molecule has 1 aromatic rings. The molecule has 100 valence electrons. The molecule has 0 aliphatic carbocycles. The Balaban J connectivity index is 1.71. The van der Waals surface area contributed by atoms with Crippen LogP contribution in [0, 0.1) is 12.8 Å². The van der Waals surface area contributed by atoms with Crippen molar-refractivity contribution in [3.05, 3.63) is 17.5 Å². The molecule has 0 aromatic carbocycles. The number of aromatic nitrogens is 2. The zero-order chi connectivity index (χ0) is 12.7. The van der Waals surface area contributed by atoms with E-state index in [0.29, 0.717) is 18.1 Å². The second-order valence-corrected chi connectivity index (χ2v) is 5.65. The molecule has 2 aliphatic heterocycles. The highest BCUT2D eigenvalue weighted by atomic mass is 16.5. The molecule has 3 rings (SSSR count). The maximum atomic E-state index is 5.92. The highest BCUT2D eigenvalue weighted by Gasteiger charge is 2.44. The van der Waals surface area contributed by atoms with E-state index in [-0.39, 0.29) is 6.04 Å². The summed E-state index contributed by atoms with van der Waals surface area (Å²) in [6, 6.07) is 2.42. The maximum Gasteiger partial charge on any atom is 0.0624 e. The van der Waals surface area contributed by atoms with Crippen LogP contribution in [-0.2, 0) is 18.2 Å². The lowest BCUT2D eigenvalue weighted by Crippen LogP contribution is -2.46. The van der Waals surface area contributed by atoms with E-state index in [1.54, 1.807) is 0 Å². The van der Waals surface area contributed by atoms with Gasteiger partial charge in [-0.3, -0.25) is 16.0 Å². The number of fused-ring (bicyclic) bond motifs is 2. The van der Waals surface area contributed by atoms with Gasteiger partial charge < -0.3 is 4.74 Å². The lowest BCUT2D eigenvalue weighted by atomic mass is 9.82. The Labute approximate surface area is 108 Å². The number of ether oxygens (including phenoxy) is 1. The Kier molecular flexibility index (Phi) is 3.13. The fraction of sp³-hybridized carbons (Fsp3) is 0.769. The van der Waals surface area contributed by atoms with Crippen LogP contribution in [0.15, 0.2) is 6.07 Å². The Morgan fingerprint density at radius 1 is 1.61 bits per heavy atom. The molecule has 4 unspecified atom stereocenters. The van der Waals surface area contributed by atoms with Crippen molar-refractivity contribution in [1.29, 1.82) is 0 Å². The van der Waals surface area contributed by atoms with Gasteiger partial charge in [-0.1, -0.05) is 0 Å². The summed E-state index contributed by atoms with van der Waals surface area (Å²) in [5, 5.41) is 4.39. The van der Waals surface area contributed by atoms with E-state index in [9.17, 15) is 0 Å². The van der Waals surface area contributed by atoms with Gasteiger partial charge in [0.2, 0.25) is 0 Å². The molecule has 5 nitrogen and oxygen atoms in total. The van der Waals surface area contributed by atoms with E-state index < -0.39 is 0 Å². The highest BCUT2D eigenvalue weighted by Crippen LogP contribution is 2.40.